The molecular weight excluding hydrogens is 338 g/mol. The molecule has 0 fully saturated rings. The van der Waals surface area contributed by atoms with Crippen molar-refractivity contribution in [2.75, 3.05) is 5.32 Å². The topological polar surface area (TPSA) is 56.1 Å². The van der Waals surface area contributed by atoms with E-state index in [0.717, 1.165) is 47.8 Å². The third-order valence-corrected chi connectivity index (χ3v) is 4.63. The van der Waals surface area contributed by atoms with Crippen LogP contribution >= 0.6 is 0 Å². The van der Waals surface area contributed by atoms with Gasteiger partial charge in [0, 0.05) is 11.1 Å². The smallest absolute Gasteiger partial charge is 0.256 e. The highest BCUT2D eigenvalue weighted by molar-refractivity contribution is 6.04. The highest BCUT2D eigenvalue weighted by Gasteiger charge is 2.24. The number of amides is 1. The molecule has 3 aromatic rings. The molecule has 0 aliphatic heterocycles. The number of nitrogens with one attached hydrogen (secondary N) is 1. The van der Waals surface area contributed by atoms with Crippen LogP contribution in [-0.2, 0) is 12.8 Å². The highest BCUT2D eigenvalue weighted by Crippen LogP contribution is 2.31. The Kier molecular flexibility index (Phi) is 4.67. The Morgan fingerprint density at radius 2 is 1.81 bits per heavy atom. The molecule has 1 heterocycles. The number of fused-ring (bicyclic) bond motifs is 1. The molecule has 0 atom stereocenters. The molecule has 1 N–H and O–H groups in total. The number of aromatic nitrogens is 2. The van der Waals surface area contributed by atoms with E-state index >= 15 is 0 Å². The Bertz CT molecular complexity index is 944. The molecule has 1 aliphatic rings. The third kappa shape index (κ3) is 3.58. The van der Waals surface area contributed by atoms with Crippen molar-refractivity contribution < 1.29 is 9.53 Å². The first-order valence-corrected chi connectivity index (χ1v) is 9.36. The molecule has 1 aliphatic carbocycles. The van der Waals surface area contributed by atoms with Gasteiger partial charge in [0.05, 0.1) is 17.5 Å². The van der Waals surface area contributed by atoms with Gasteiger partial charge in [0.15, 0.2) is 0 Å². The molecular formula is C22H23N3O2. The molecule has 0 bridgehead atoms. The summed E-state index contributed by atoms with van der Waals surface area (Å²) in [5.41, 5.74) is 3.77. The second kappa shape index (κ2) is 7.27. The Balaban J connectivity index is 1.61. The summed E-state index contributed by atoms with van der Waals surface area (Å²) in [5.74, 6) is 1.40. The number of aryl methyl sites for hydroxylation is 1. The number of para-hydroxylation sites is 1. The van der Waals surface area contributed by atoms with Gasteiger partial charge in [0.2, 0.25) is 0 Å². The summed E-state index contributed by atoms with van der Waals surface area (Å²) < 4.78 is 7.49. The van der Waals surface area contributed by atoms with Crippen molar-refractivity contribution in [3.63, 3.8) is 0 Å². The molecule has 138 valence electrons. The number of carbonyl (C=O) groups excluding carboxylic acids is 1. The fourth-order valence-corrected chi connectivity index (χ4v) is 3.41. The number of nitrogens with zero attached hydrogens (tertiary/aromatic N) is 2. The first kappa shape index (κ1) is 17.3. The van der Waals surface area contributed by atoms with Gasteiger partial charge in [0.25, 0.3) is 5.91 Å². The van der Waals surface area contributed by atoms with Crippen LogP contribution in [0.3, 0.4) is 0 Å². The largest absolute Gasteiger partial charge is 0.491 e. The maximum Gasteiger partial charge on any atom is 0.256 e. The lowest BCUT2D eigenvalue weighted by atomic mass is 10.2. The summed E-state index contributed by atoms with van der Waals surface area (Å²) in [6.45, 7) is 3.96. The van der Waals surface area contributed by atoms with Crippen molar-refractivity contribution in [3.05, 3.63) is 71.4 Å². The Morgan fingerprint density at radius 1 is 1.07 bits per heavy atom. The zero-order chi connectivity index (χ0) is 18.8. The van der Waals surface area contributed by atoms with Gasteiger partial charge in [-0.15, -0.1) is 0 Å². The zero-order valence-electron chi connectivity index (χ0n) is 15.6. The van der Waals surface area contributed by atoms with Crippen LogP contribution in [0.4, 0.5) is 5.82 Å². The third-order valence-electron chi connectivity index (χ3n) is 4.63. The van der Waals surface area contributed by atoms with Crippen LogP contribution in [0, 0.1) is 0 Å². The van der Waals surface area contributed by atoms with Crippen molar-refractivity contribution in [1.29, 1.82) is 0 Å². The number of rotatable bonds is 5. The minimum atomic E-state index is -0.141. The fraction of sp³-hybridized carbons (Fsp3) is 0.273. The van der Waals surface area contributed by atoms with Gasteiger partial charge < -0.3 is 10.1 Å². The van der Waals surface area contributed by atoms with Gasteiger partial charge in [-0.05, 0) is 69.5 Å². The van der Waals surface area contributed by atoms with Gasteiger partial charge >= 0.3 is 0 Å². The van der Waals surface area contributed by atoms with Gasteiger partial charge in [-0.25, -0.2) is 4.68 Å². The van der Waals surface area contributed by atoms with Crippen molar-refractivity contribution in [1.82, 2.24) is 9.78 Å². The number of benzene rings is 2. The number of anilines is 1. The number of ether oxygens (including phenoxy) is 1. The molecule has 5 nitrogen and oxygen atoms in total. The first-order valence-electron chi connectivity index (χ1n) is 9.36. The van der Waals surface area contributed by atoms with E-state index in [4.69, 9.17) is 9.84 Å². The molecule has 0 spiro atoms. The van der Waals surface area contributed by atoms with E-state index < -0.39 is 0 Å². The number of carbonyl (C=O) groups is 1. The lowest BCUT2D eigenvalue weighted by Crippen LogP contribution is -2.16. The molecule has 0 unspecified atom stereocenters. The van der Waals surface area contributed by atoms with Crippen molar-refractivity contribution in [2.45, 2.75) is 39.2 Å². The van der Waals surface area contributed by atoms with Crippen LogP contribution in [0.15, 0.2) is 54.6 Å². The Labute approximate surface area is 159 Å². The summed E-state index contributed by atoms with van der Waals surface area (Å²) in [6.07, 6.45) is 3.09. The van der Waals surface area contributed by atoms with Crippen LogP contribution in [0.25, 0.3) is 5.69 Å². The maximum absolute atomic E-state index is 12.8. The Morgan fingerprint density at radius 3 is 2.52 bits per heavy atom. The molecule has 4 rings (SSSR count). The van der Waals surface area contributed by atoms with E-state index in [1.54, 1.807) is 12.1 Å². The first-order chi connectivity index (χ1) is 13.1. The second-order valence-corrected chi connectivity index (χ2v) is 7.02. The van der Waals surface area contributed by atoms with E-state index in [1.807, 2.05) is 61.0 Å². The van der Waals surface area contributed by atoms with E-state index in [9.17, 15) is 4.79 Å². The fourth-order valence-electron chi connectivity index (χ4n) is 3.41. The van der Waals surface area contributed by atoms with Crippen LogP contribution in [0.1, 0.15) is 41.9 Å². The van der Waals surface area contributed by atoms with E-state index in [0.29, 0.717) is 5.56 Å². The predicted octanol–water partition coefficient (Wildman–Crippen LogP) is 4.40. The van der Waals surface area contributed by atoms with Crippen molar-refractivity contribution in [3.8, 4) is 11.4 Å². The summed E-state index contributed by atoms with van der Waals surface area (Å²) in [6, 6.07) is 17.1. The number of hydrogen-bond acceptors (Lipinski definition) is 3. The maximum atomic E-state index is 12.8. The summed E-state index contributed by atoms with van der Waals surface area (Å²) in [4.78, 5) is 12.8. The minimum Gasteiger partial charge on any atom is -0.491 e. The van der Waals surface area contributed by atoms with Crippen LogP contribution in [0.5, 0.6) is 5.75 Å². The average molecular weight is 361 g/mol. The average Bonchev–Trinajstić information content (AvgIpc) is 3.25. The van der Waals surface area contributed by atoms with Crippen molar-refractivity contribution >= 4 is 11.7 Å². The zero-order valence-corrected chi connectivity index (χ0v) is 15.6. The summed E-state index contributed by atoms with van der Waals surface area (Å²) in [5, 5.41) is 7.82. The Hall–Kier alpha value is -3.08. The SMILES string of the molecule is CC(C)Oc1ccc(C(=O)Nc2c3c(nn2-c2ccccc2)CCC3)cc1. The monoisotopic (exact) mass is 361 g/mol. The molecule has 1 amide bonds. The van der Waals surface area contributed by atoms with Gasteiger partial charge in [-0.1, -0.05) is 18.2 Å². The molecule has 0 saturated heterocycles. The molecule has 1 aromatic heterocycles. The van der Waals surface area contributed by atoms with Gasteiger partial charge in [0.1, 0.15) is 11.6 Å². The van der Waals surface area contributed by atoms with Crippen LogP contribution in [-0.4, -0.2) is 21.8 Å². The molecule has 5 heteroatoms. The van der Waals surface area contributed by atoms with E-state index in [2.05, 4.69) is 5.32 Å². The standard InChI is InChI=1S/C22H23N3O2/c1-15(2)27-18-13-11-16(12-14-18)22(26)23-21-19-9-6-10-20(19)24-25(21)17-7-4-3-5-8-17/h3-5,7-8,11-15H,6,9-10H2,1-2H3,(H,23,26). The summed E-state index contributed by atoms with van der Waals surface area (Å²) >= 11 is 0. The van der Waals surface area contributed by atoms with E-state index in [1.165, 1.54) is 0 Å². The van der Waals surface area contributed by atoms with Crippen LogP contribution < -0.4 is 10.1 Å². The predicted molar refractivity (Wildman–Crippen MR) is 106 cm³/mol. The lowest BCUT2D eigenvalue weighted by Gasteiger charge is -2.12. The molecule has 0 radical (unpaired) electrons. The summed E-state index contributed by atoms with van der Waals surface area (Å²) in [7, 11) is 0. The lowest BCUT2D eigenvalue weighted by molar-refractivity contribution is 0.102. The highest BCUT2D eigenvalue weighted by atomic mass is 16.5. The molecule has 0 saturated carbocycles. The quantitative estimate of drug-likeness (QED) is 0.733. The van der Waals surface area contributed by atoms with Gasteiger partial charge in [-0.3, -0.25) is 4.79 Å². The van der Waals surface area contributed by atoms with Gasteiger partial charge in [-0.2, -0.15) is 5.10 Å². The molecule has 27 heavy (non-hydrogen) atoms. The molecule has 2 aromatic carbocycles. The van der Waals surface area contributed by atoms with E-state index in [-0.39, 0.29) is 12.0 Å². The minimum absolute atomic E-state index is 0.104. The van der Waals surface area contributed by atoms with Crippen molar-refractivity contribution in [2.24, 2.45) is 0 Å². The second-order valence-electron chi connectivity index (χ2n) is 7.02. The van der Waals surface area contributed by atoms with Crippen LogP contribution in [0.2, 0.25) is 0 Å². The number of hydrogen-bond donors (Lipinski definition) is 1. The normalized spacial score (nSPS) is 12.9.